The Bertz CT molecular complexity index is 581. The van der Waals surface area contributed by atoms with E-state index in [1.165, 1.54) is 4.68 Å². The predicted molar refractivity (Wildman–Crippen MR) is 70.0 cm³/mol. The summed E-state index contributed by atoms with van der Waals surface area (Å²) in [5.74, 6) is -1.03. The van der Waals surface area contributed by atoms with Crippen LogP contribution >= 0.6 is 15.9 Å². The molecule has 1 N–H and O–H groups in total. The van der Waals surface area contributed by atoms with Gasteiger partial charge in [-0.3, -0.25) is 0 Å². The zero-order valence-corrected chi connectivity index (χ0v) is 10.9. The lowest BCUT2D eigenvalue weighted by molar-refractivity contribution is 0.596. The van der Waals surface area contributed by atoms with Crippen LogP contribution in [0.15, 0.2) is 35.6 Å². The Morgan fingerprint density at radius 2 is 2.17 bits per heavy atom. The van der Waals surface area contributed by atoms with Crippen LogP contribution in [0, 0.1) is 11.6 Å². The molecule has 0 atom stereocenters. The molecule has 2 rings (SSSR count). The highest BCUT2D eigenvalue weighted by Gasteiger charge is 2.08. The highest BCUT2D eigenvalue weighted by molar-refractivity contribution is 9.10. The van der Waals surface area contributed by atoms with Gasteiger partial charge in [-0.05, 0) is 22.0 Å². The third-order valence-electron chi connectivity index (χ3n) is 2.33. The summed E-state index contributed by atoms with van der Waals surface area (Å²) < 4.78 is 28.4. The van der Waals surface area contributed by atoms with E-state index < -0.39 is 11.6 Å². The molecule has 0 bridgehead atoms. The van der Waals surface area contributed by atoms with Crippen molar-refractivity contribution in [3.05, 3.63) is 52.8 Å². The van der Waals surface area contributed by atoms with Crippen molar-refractivity contribution < 1.29 is 8.78 Å². The molecule has 0 saturated heterocycles. The fourth-order valence-corrected chi connectivity index (χ4v) is 1.74. The van der Waals surface area contributed by atoms with E-state index in [9.17, 15) is 8.78 Å². The molecule has 6 heteroatoms. The Hall–Kier alpha value is -1.69. The van der Waals surface area contributed by atoms with Crippen molar-refractivity contribution in [1.82, 2.24) is 9.78 Å². The van der Waals surface area contributed by atoms with E-state index in [0.29, 0.717) is 6.54 Å². The Morgan fingerprint density at radius 3 is 2.83 bits per heavy atom. The molecule has 0 aliphatic heterocycles. The molecule has 1 aromatic heterocycles. The summed E-state index contributed by atoms with van der Waals surface area (Å²) in [6.45, 7) is 3.92. The summed E-state index contributed by atoms with van der Waals surface area (Å²) in [7, 11) is 0. The van der Waals surface area contributed by atoms with Crippen molar-refractivity contribution in [2.75, 3.05) is 5.32 Å². The maximum atomic E-state index is 13.5. The van der Waals surface area contributed by atoms with Crippen LogP contribution in [-0.4, -0.2) is 9.78 Å². The summed E-state index contributed by atoms with van der Waals surface area (Å²) in [6.07, 6.45) is 4.91. The van der Waals surface area contributed by atoms with Crippen molar-refractivity contribution >= 4 is 27.8 Å². The predicted octanol–water partition coefficient (Wildman–Crippen LogP) is 3.64. The van der Waals surface area contributed by atoms with Crippen molar-refractivity contribution in [2.24, 2.45) is 0 Å². The quantitative estimate of drug-likeness (QED) is 0.873. The number of nitrogens with zero attached hydrogens (tertiary/aromatic N) is 2. The second-order valence-corrected chi connectivity index (χ2v) is 4.47. The zero-order valence-electron chi connectivity index (χ0n) is 9.33. The number of halogens is 3. The molecule has 0 spiro atoms. The number of hydrogen-bond donors (Lipinski definition) is 1. The van der Waals surface area contributed by atoms with E-state index in [1.807, 2.05) is 0 Å². The zero-order chi connectivity index (χ0) is 13.1. The third-order valence-corrected chi connectivity index (χ3v) is 2.94. The largest absolute Gasteiger partial charge is 0.378 e. The van der Waals surface area contributed by atoms with Crippen LogP contribution in [0.1, 0.15) is 5.56 Å². The van der Waals surface area contributed by atoms with Gasteiger partial charge in [-0.25, -0.2) is 13.5 Å². The SMILES string of the molecule is C=Cn1cc(CNc2cc(F)c(Br)cc2F)cn1. The van der Waals surface area contributed by atoms with Crippen LogP contribution < -0.4 is 5.32 Å². The van der Waals surface area contributed by atoms with Gasteiger partial charge in [0.2, 0.25) is 0 Å². The number of aromatic nitrogens is 2. The summed E-state index contributed by atoms with van der Waals surface area (Å²) in [5.41, 5.74) is 0.958. The van der Waals surface area contributed by atoms with Crippen LogP contribution in [0.25, 0.3) is 6.20 Å². The lowest BCUT2D eigenvalue weighted by Gasteiger charge is -2.07. The van der Waals surface area contributed by atoms with Gasteiger partial charge in [0, 0.05) is 30.6 Å². The Kier molecular flexibility index (Phi) is 3.76. The fraction of sp³-hybridized carbons (Fsp3) is 0.0833. The molecule has 0 radical (unpaired) electrons. The Balaban J connectivity index is 2.10. The van der Waals surface area contributed by atoms with Crippen molar-refractivity contribution in [1.29, 1.82) is 0 Å². The van der Waals surface area contributed by atoms with E-state index in [1.54, 1.807) is 18.6 Å². The van der Waals surface area contributed by atoms with Gasteiger partial charge in [0.1, 0.15) is 11.6 Å². The molecule has 0 unspecified atom stereocenters. The minimum Gasteiger partial charge on any atom is -0.378 e. The third kappa shape index (κ3) is 2.76. The van der Waals surface area contributed by atoms with Gasteiger partial charge in [0.05, 0.1) is 16.4 Å². The Labute approximate surface area is 111 Å². The molecule has 0 aliphatic rings. The van der Waals surface area contributed by atoms with E-state index in [2.05, 4.69) is 32.9 Å². The maximum Gasteiger partial charge on any atom is 0.147 e. The lowest BCUT2D eigenvalue weighted by atomic mass is 10.2. The van der Waals surface area contributed by atoms with Crippen LogP contribution in [0.4, 0.5) is 14.5 Å². The molecule has 0 aliphatic carbocycles. The van der Waals surface area contributed by atoms with Gasteiger partial charge in [0.25, 0.3) is 0 Å². The number of hydrogen-bond acceptors (Lipinski definition) is 2. The van der Waals surface area contributed by atoms with Crippen LogP contribution in [-0.2, 0) is 6.54 Å². The van der Waals surface area contributed by atoms with Gasteiger partial charge in [-0.2, -0.15) is 5.10 Å². The molecule has 0 fully saturated rings. The van der Waals surface area contributed by atoms with Crippen LogP contribution in [0.3, 0.4) is 0 Å². The molecule has 2 aromatic rings. The highest BCUT2D eigenvalue weighted by Crippen LogP contribution is 2.23. The van der Waals surface area contributed by atoms with E-state index in [-0.39, 0.29) is 10.2 Å². The van der Waals surface area contributed by atoms with Gasteiger partial charge in [-0.15, -0.1) is 0 Å². The minimum atomic E-state index is -0.514. The van der Waals surface area contributed by atoms with Gasteiger partial charge in [0.15, 0.2) is 0 Å². The number of anilines is 1. The summed E-state index contributed by atoms with van der Waals surface area (Å²) >= 11 is 2.92. The molecular weight excluding hydrogens is 304 g/mol. The normalized spacial score (nSPS) is 10.4. The first-order valence-corrected chi connectivity index (χ1v) is 5.93. The molecule has 94 valence electrons. The average molecular weight is 314 g/mol. The molecule has 1 aromatic carbocycles. The van der Waals surface area contributed by atoms with Crippen molar-refractivity contribution in [3.63, 3.8) is 0 Å². The molecule has 3 nitrogen and oxygen atoms in total. The van der Waals surface area contributed by atoms with Crippen molar-refractivity contribution in [3.8, 4) is 0 Å². The fourth-order valence-electron chi connectivity index (χ4n) is 1.42. The summed E-state index contributed by atoms with van der Waals surface area (Å²) in [4.78, 5) is 0. The maximum absolute atomic E-state index is 13.5. The number of benzene rings is 1. The van der Waals surface area contributed by atoms with Crippen LogP contribution in [0.2, 0.25) is 0 Å². The van der Waals surface area contributed by atoms with Crippen LogP contribution in [0.5, 0.6) is 0 Å². The summed E-state index contributed by atoms with van der Waals surface area (Å²) in [6, 6.07) is 2.20. The molecule has 0 saturated carbocycles. The smallest absolute Gasteiger partial charge is 0.147 e. The van der Waals surface area contributed by atoms with E-state index in [4.69, 9.17) is 0 Å². The first-order chi connectivity index (χ1) is 8.60. The second-order valence-electron chi connectivity index (χ2n) is 3.61. The van der Waals surface area contributed by atoms with E-state index >= 15 is 0 Å². The van der Waals surface area contributed by atoms with Crippen molar-refractivity contribution in [2.45, 2.75) is 6.54 Å². The average Bonchev–Trinajstić information content (AvgIpc) is 2.80. The standard InChI is InChI=1S/C12H10BrF2N3/c1-2-18-7-8(6-17-18)5-16-12-4-10(14)9(13)3-11(12)15/h2-4,6-7,16H,1,5H2. The highest BCUT2D eigenvalue weighted by atomic mass is 79.9. The van der Waals surface area contributed by atoms with Gasteiger partial charge in [-0.1, -0.05) is 6.58 Å². The Morgan fingerprint density at radius 1 is 1.39 bits per heavy atom. The second kappa shape index (κ2) is 5.30. The molecular formula is C12H10BrF2N3. The number of nitrogens with one attached hydrogen (secondary N) is 1. The minimum absolute atomic E-state index is 0.102. The first kappa shape index (κ1) is 12.8. The lowest BCUT2D eigenvalue weighted by Crippen LogP contribution is -2.01. The topological polar surface area (TPSA) is 29.9 Å². The van der Waals surface area contributed by atoms with Gasteiger partial charge < -0.3 is 5.32 Å². The molecule has 1 heterocycles. The van der Waals surface area contributed by atoms with Gasteiger partial charge >= 0.3 is 0 Å². The first-order valence-electron chi connectivity index (χ1n) is 5.14. The summed E-state index contributed by atoms with van der Waals surface area (Å²) in [5, 5.41) is 6.80. The monoisotopic (exact) mass is 313 g/mol. The van der Waals surface area contributed by atoms with E-state index in [0.717, 1.165) is 17.7 Å². The molecule has 18 heavy (non-hydrogen) atoms. The molecule has 0 amide bonds. The number of rotatable bonds is 4.